The van der Waals surface area contributed by atoms with Crippen molar-refractivity contribution in [2.24, 2.45) is 0 Å². The molecule has 1 aromatic heterocycles. The molecule has 1 unspecified atom stereocenters. The Balaban J connectivity index is 2.95. The minimum atomic E-state index is -1.04. The average molecular weight is 273 g/mol. The Labute approximate surface area is 94.8 Å². The summed E-state index contributed by atoms with van der Waals surface area (Å²) in [5.41, 5.74) is 1.19. The molecule has 1 atom stereocenters. The Morgan fingerprint density at radius 1 is 1.67 bits per heavy atom. The van der Waals surface area contributed by atoms with Crippen molar-refractivity contribution in [1.29, 1.82) is 0 Å². The van der Waals surface area contributed by atoms with Gasteiger partial charge < -0.3 is 0 Å². The first-order valence-electron chi connectivity index (χ1n) is 4.72. The summed E-state index contributed by atoms with van der Waals surface area (Å²) >= 11 is 0.0891. The number of allylic oxidation sites excluding steroid dienone is 1. The molecule has 0 spiro atoms. The first-order valence-corrected chi connectivity index (χ1v) is 6.57. The Bertz CT molecular complexity index is 379. The van der Waals surface area contributed by atoms with Gasteiger partial charge in [0.25, 0.3) is 0 Å². The summed E-state index contributed by atoms with van der Waals surface area (Å²) in [7, 11) is 0. The number of hydrogen-bond donors (Lipinski definition) is 2. The molecule has 15 heavy (non-hydrogen) atoms. The van der Waals surface area contributed by atoms with Crippen molar-refractivity contribution in [3.8, 4) is 0 Å². The standard InChI is InChI=1S/C11H14O3Se/c1-3-4-8(11(13)14)10(12)9-5-7(2)6-15-9/h4-6,10,12H,3H2,1-2H3,(H,13,14). The molecule has 0 saturated carbocycles. The number of aryl methyl sites for hydroxylation is 1. The van der Waals surface area contributed by atoms with Crippen LogP contribution < -0.4 is 0 Å². The number of carbonyl (C=O) groups is 1. The van der Waals surface area contributed by atoms with Crippen LogP contribution in [0.5, 0.6) is 0 Å². The first kappa shape index (κ1) is 12.2. The van der Waals surface area contributed by atoms with E-state index in [1.807, 2.05) is 24.9 Å². The maximum atomic E-state index is 10.9. The van der Waals surface area contributed by atoms with Crippen LogP contribution in [-0.2, 0) is 4.79 Å². The van der Waals surface area contributed by atoms with Crippen molar-refractivity contribution in [3.05, 3.63) is 32.7 Å². The second-order valence-electron chi connectivity index (χ2n) is 3.30. The maximum absolute atomic E-state index is 10.9. The molecule has 0 radical (unpaired) electrons. The van der Waals surface area contributed by atoms with Gasteiger partial charge in [0.05, 0.1) is 0 Å². The fraction of sp³-hybridized carbons (Fsp3) is 0.364. The number of rotatable bonds is 4. The van der Waals surface area contributed by atoms with E-state index in [1.165, 1.54) is 0 Å². The van der Waals surface area contributed by atoms with Crippen LogP contribution in [0, 0.1) is 6.92 Å². The van der Waals surface area contributed by atoms with Crippen molar-refractivity contribution < 1.29 is 15.0 Å². The quantitative estimate of drug-likeness (QED) is 0.645. The van der Waals surface area contributed by atoms with Crippen LogP contribution in [0.15, 0.2) is 22.7 Å². The van der Waals surface area contributed by atoms with Gasteiger partial charge in [-0.25, -0.2) is 0 Å². The summed E-state index contributed by atoms with van der Waals surface area (Å²) in [5, 5.41) is 18.8. The molecular formula is C11H14O3Se. The topological polar surface area (TPSA) is 57.5 Å². The number of aliphatic hydroxyl groups is 1. The predicted molar refractivity (Wildman–Crippen MR) is 59.1 cm³/mol. The van der Waals surface area contributed by atoms with Gasteiger partial charge in [-0.05, 0) is 0 Å². The third-order valence-corrected chi connectivity index (χ3v) is 4.30. The van der Waals surface area contributed by atoms with E-state index in [-0.39, 0.29) is 20.1 Å². The number of aliphatic hydroxyl groups excluding tert-OH is 1. The van der Waals surface area contributed by atoms with E-state index in [0.717, 1.165) is 10.0 Å². The molecule has 3 nitrogen and oxygen atoms in total. The molecule has 0 aliphatic rings. The second-order valence-corrected chi connectivity index (χ2v) is 5.28. The van der Waals surface area contributed by atoms with E-state index < -0.39 is 12.1 Å². The number of hydrogen-bond acceptors (Lipinski definition) is 2. The van der Waals surface area contributed by atoms with Gasteiger partial charge in [-0.3, -0.25) is 0 Å². The summed E-state index contributed by atoms with van der Waals surface area (Å²) in [6, 6.07) is 1.87. The van der Waals surface area contributed by atoms with Gasteiger partial charge in [0.15, 0.2) is 0 Å². The van der Waals surface area contributed by atoms with Crippen molar-refractivity contribution in [2.45, 2.75) is 26.4 Å². The van der Waals surface area contributed by atoms with Gasteiger partial charge in [-0.2, -0.15) is 0 Å². The normalized spacial score (nSPS) is 13.9. The van der Waals surface area contributed by atoms with Gasteiger partial charge in [0, 0.05) is 0 Å². The van der Waals surface area contributed by atoms with Crippen LogP contribution >= 0.6 is 0 Å². The van der Waals surface area contributed by atoms with Gasteiger partial charge in [-0.1, -0.05) is 0 Å². The van der Waals surface area contributed by atoms with E-state index in [0.29, 0.717) is 6.42 Å². The van der Waals surface area contributed by atoms with Gasteiger partial charge in [-0.15, -0.1) is 0 Å². The fourth-order valence-electron chi connectivity index (χ4n) is 1.29. The summed E-state index contributed by atoms with van der Waals surface area (Å²) in [4.78, 5) is 12.9. The summed E-state index contributed by atoms with van der Waals surface area (Å²) < 4.78 is 0.821. The molecule has 0 aliphatic carbocycles. The van der Waals surface area contributed by atoms with Crippen molar-refractivity contribution >= 4 is 20.5 Å². The molecule has 0 saturated heterocycles. The zero-order valence-electron chi connectivity index (χ0n) is 8.73. The Hall–Kier alpha value is -0.831. The number of carboxylic acids is 1. The van der Waals surface area contributed by atoms with Crippen LogP contribution in [0.3, 0.4) is 0 Å². The molecule has 1 aromatic rings. The van der Waals surface area contributed by atoms with Crippen LogP contribution in [0.2, 0.25) is 0 Å². The van der Waals surface area contributed by atoms with Crippen molar-refractivity contribution in [2.75, 3.05) is 0 Å². The predicted octanol–water partition coefficient (Wildman–Crippen LogP) is 1.51. The molecule has 0 aromatic carbocycles. The molecule has 1 heterocycles. The second kappa shape index (κ2) is 5.31. The Morgan fingerprint density at radius 3 is 2.73 bits per heavy atom. The fourth-order valence-corrected chi connectivity index (χ4v) is 3.17. The van der Waals surface area contributed by atoms with E-state index in [2.05, 4.69) is 0 Å². The Kier molecular flexibility index (Phi) is 4.33. The molecule has 1 rings (SSSR count). The molecule has 4 heteroatoms. The van der Waals surface area contributed by atoms with Crippen LogP contribution in [0.4, 0.5) is 0 Å². The summed E-state index contributed by atoms with van der Waals surface area (Å²) in [5.74, 6) is -1.04. The Morgan fingerprint density at radius 2 is 2.33 bits per heavy atom. The molecule has 0 aliphatic heterocycles. The van der Waals surface area contributed by atoms with Crippen molar-refractivity contribution in [3.63, 3.8) is 0 Å². The van der Waals surface area contributed by atoms with E-state index in [4.69, 9.17) is 5.11 Å². The zero-order valence-corrected chi connectivity index (χ0v) is 10.4. The molecular weight excluding hydrogens is 259 g/mol. The molecule has 0 amide bonds. The van der Waals surface area contributed by atoms with Crippen LogP contribution in [0.1, 0.15) is 29.4 Å². The third kappa shape index (κ3) is 3.06. The number of aliphatic carboxylic acids is 1. The van der Waals surface area contributed by atoms with Gasteiger partial charge in [0.1, 0.15) is 0 Å². The zero-order chi connectivity index (χ0) is 11.4. The monoisotopic (exact) mass is 274 g/mol. The molecule has 82 valence electrons. The van der Waals surface area contributed by atoms with Gasteiger partial charge in [0.2, 0.25) is 0 Å². The average Bonchev–Trinajstić information content (AvgIpc) is 2.59. The molecule has 2 N–H and O–H groups in total. The van der Waals surface area contributed by atoms with E-state index in [9.17, 15) is 9.90 Å². The minimum absolute atomic E-state index is 0.0891. The van der Waals surface area contributed by atoms with Crippen molar-refractivity contribution in [1.82, 2.24) is 0 Å². The van der Waals surface area contributed by atoms with E-state index in [1.54, 1.807) is 6.08 Å². The third-order valence-electron chi connectivity index (χ3n) is 1.99. The molecule has 0 bridgehead atoms. The van der Waals surface area contributed by atoms with E-state index >= 15 is 0 Å². The number of carboxylic acid groups (broad SMARTS) is 1. The summed E-state index contributed by atoms with van der Waals surface area (Å²) in [6.45, 7) is 3.80. The van der Waals surface area contributed by atoms with Gasteiger partial charge >= 0.3 is 94.5 Å². The summed E-state index contributed by atoms with van der Waals surface area (Å²) in [6.07, 6.45) is 1.24. The first-order chi connectivity index (χ1) is 7.06. The SMILES string of the molecule is CCC=C(C(=O)O)C(O)c1cc(C)c[se]1. The van der Waals surface area contributed by atoms with Crippen LogP contribution in [-0.4, -0.2) is 30.7 Å². The molecule has 0 fully saturated rings. The van der Waals surface area contributed by atoms with Crippen LogP contribution in [0.25, 0.3) is 0 Å².